The Morgan fingerprint density at radius 2 is 2.05 bits per heavy atom. The van der Waals surface area contributed by atoms with E-state index in [2.05, 4.69) is 43.6 Å². The van der Waals surface area contributed by atoms with Crippen molar-refractivity contribution in [1.82, 2.24) is 14.9 Å². The number of benzene rings is 1. The van der Waals surface area contributed by atoms with Gasteiger partial charge in [0.25, 0.3) is 0 Å². The molecule has 0 aliphatic rings. The largest absolute Gasteiger partial charge is 0.497 e. The van der Waals surface area contributed by atoms with Crippen LogP contribution in [0.25, 0.3) is 11.0 Å². The third kappa shape index (κ3) is 2.66. The number of nitrogens with one attached hydrogen (secondary N) is 1. The van der Waals surface area contributed by atoms with Gasteiger partial charge in [-0.3, -0.25) is 0 Å². The lowest BCUT2D eigenvalue weighted by Crippen LogP contribution is -2.39. The smallest absolute Gasteiger partial charge is 0.129 e. The van der Waals surface area contributed by atoms with E-state index < -0.39 is 0 Å². The fourth-order valence-corrected chi connectivity index (χ4v) is 2.68. The first kappa shape index (κ1) is 14.9. The number of fused-ring (bicyclic) bond motifs is 1. The molecule has 0 atom stereocenters. The highest BCUT2D eigenvalue weighted by atomic mass is 16.5. The van der Waals surface area contributed by atoms with E-state index >= 15 is 0 Å². The van der Waals surface area contributed by atoms with Gasteiger partial charge in [0.15, 0.2) is 0 Å². The van der Waals surface area contributed by atoms with Gasteiger partial charge in [0, 0.05) is 12.6 Å². The maximum Gasteiger partial charge on any atom is 0.129 e. The lowest BCUT2D eigenvalue weighted by molar-refractivity contribution is 0.375. The topological polar surface area (TPSA) is 39.1 Å². The minimum Gasteiger partial charge on any atom is -0.497 e. The van der Waals surface area contributed by atoms with E-state index in [-0.39, 0.29) is 5.54 Å². The standard InChI is InChI=1S/C16H25N3O/c1-6-10-19-14-9-8-12(20-5)11-13(14)18-15(19)16(3,4)17-7-2/h8-9,11,17H,6-7,10H2,1-5H3. The Bertz CT molecular complexity index is 587. The van der Waals surface area contributed by atoms with Crippen LogP contribution in [0.2, 0.25) is 0 Å². The Morgan fingerprint density at radius 1 is 1.30 bits per heavy atom. The molecule has 1 aromatic carbocycles. The Kier molecular flexibility index (Phi) is 4.33. The molecule has 0 radical (unpaired) electrons. The average molecular weight is 275 g/mol. The van der Waals surface area contributed by atoms with Crippen molar-refractivity contribution in [3.63, 3.8) is 0 Å². The number of hydrogen-bond acceptors (Lipinski definition) is 3. The summed E-state index contributed by atoms with van der Waals surface area (Å²) in [5.41, 5.74) is 2.03. The average Bonchev–Trinajstić information content (AvgIpc) is 2.78. The van der Waals surface area contributed by atoms with Gasteiger partial charge in [0.05, 0.1) is 23.7 Å². The highest BCUT2D eigenvalue weighted by molar-refractivity contribution is 5.78. The number of aryl methyl sites for hydroxylation is 1. The summed E-state index contributed by atoms with van der Waals surface area (Å²) < 4.78 is 7.62. The Hall–Kier alpha value is -1.55. The molecule has 110 valence electrons. The van der Waals surface area contributed by atoms with Crippen LogP contribution in [0.3, 0.4) is 0 Å². The minimum atomic E-state index is -0.143. The first-order valence-corrected chi connectivity index (χ1v) is 7.33. The van der Waals surface area contributed by atoms with Crippen LogP contribution in [-0.4, -0.2) is 23.2 Å². The van der Waals surface area contributed by atoms with Crippen LogP contribution in [0, 0.1) is 0 Å². The maximum absolute atomic E-state index is 5.30. The predicted molar refractivity (Wildman–Crippen MR) is 83.3 cm³/mol. The second kappa shape index (κ2) is 5.83. The monoisotopic (exact) mass is 275 g/mol. The third-order valence-corrected chi connectivity index (χ3v) is 3.58. The molecule has 0 saturated carbocycles. The fraction of sp³-hybridized carbons (Fsp3) is 0.562. The van der Waals surface area contributed by atoms with Crippen LogP contribution < -0.4 is 10.1 Å². The van der Waals surface area contributed by atoms with Crippen LogP contribution >= 0.6 is 0 Å². The van der Waals surface area contributed by atoms with E-state index in [1.807, 2.05) is 12.1 Å². The number of rotatable bonds is 6. The number of methoxy groups -OCH3 is 1. The molecule has 4 heteroatoms. The first-order valence-electron chi connectivity index (χ1n) is 7.33. The third-order valence-electron chi connectivity index (χ3n) is 3.58. The van der Waals surface area contributed by atoms with Crippen LogP contribution in [-0.2, 0) is 12.1 Å². The van der Waals surface area contributed by atoms with Crippen molar-refractivity contribution >= 4 is 11.0 Å². The van der Waals surface area contributed by atoms with Gasteiger partial charge in [-0.1, -0.05) is 13.8 Å². The molecule has 20 heavy (non-hydrogen) atoms. The fourth-order valence-electron chi connectivity index (χ4n) is 2.68. The second-order valence-corrected chi connectivity index (χ2v) is 5.60. The van der Waals surface area contributed by atoms with Crippen molar-refractivity contribution in [2.45, 2.75) is 46.2 Å². The van der Waals surface area contributed by atoms with Crippen molar-refractivity contribution < 1.29 is 4.74 Å². The SMILES string of the molecule is CCCn1c(C(C)(C)NCC)nc2cc(OC)ccc21. The zero-order valence-electron chi connectivity index (χ0n) is 13.2. The molecule has 0 aliphatic carbocycles. The summed E-state index contributed by atoms with van der Waals surface area (Å²) in [5, 5.41) is 3.51. The Balaban J connectivity index is 2.60. The van der Waals surface area contributed by atoms with Crippen molar-refractivity contribution in [1.29, 1.82) is 0 Å². The zero-order chi connectivity index (χ0) is 14.8. The molecule has 2 rings (SSSR count). The van der Waals surface area contributed by atoms with E-state index in [4.69, 9.17) is 9.72 Å². The lowest BCUT2D eigenvalue weighted by atomic mass is 10.0. The van der Waals surface area contributed by atoms with Crippen molar-refractivity contribution in [3.8, 4) is 5.75 Å². The predicted octanol–water partition coefficient (Wildman–Crippen LogP) is 3.30. The molecular formula is C16H25N3O. The van der Waals surface area contributed by atoms with Crippen LogP contribution in [0.15, 0.2) is 18.2 Å². The maximum atomic E-state index is 5.30. The van der Waals surface area contributed by atoms with Crippen LogP contribution in [0.1, 0.15) is 39.9 Å². The summed E-state index contributed by atoms with van der Waals surface area (Å²) in [6.07, 6.45) is 1.09. The van der Waals surface area contributed by atoms with Gasteiger partial charge in [0.2, 0.25) is 0 Å². The highest BCUT2D eigenvalue weighted by Gasteiger charge is 2.26. The molecule has 0 amide bonds. The Labute approximate surface area is 121 Å². The molecule has 0 fully saturated rings. The van der Waals surface area contributed by atoms with Crippen molar-refractivity contribution in [2.75, 3.05) is 13.7 Å². The van der Waals surface area contributed by atoms with Gasteiger partial charge in [0.1, 0.15) is 11.6 Å². The molecule has 1 aromatic heterocycles. The van der Waals surface area contributed by atoms with Gasteiger partial charge < -0.3 is 14.6 Å². The number of nitrogens with zero attached hydrogens (tertiary/aromatic N) is 2. The molecule has 1 heterocycles. The summed E-state index contributed by atoms with van der Waals surface area (Å²) in [4.78, 5) is 4.85. The molecule has 1 N–H and O–H groups in total. The molecule has 0 spiro atoms. The van der Waals surface area contributed by atoms with Gasteiger partial charge in [-0.15, -0.1) is 0 Å². The summed E-state index contributed by atoms with van der Waals surface area (Å²) in [6, 6.07) is 6.11. The summed E-state index contributed by atoms with van der Waals surface area (Å²) in [7, 11) is 1.69. The van der Waals surface area contributed by atoms with Gasteiger partial charge in [-0.2, -0.15) is 0 Å². The van der Waals surface area contributed by atoms with E-state index in [1.165, 1.54) is 5.52 Å². The summed E-state index contributed by atoms with van der Waals surface area (Å²) >= 11 is 0. The molecule has 0 aliphatic heterocycles. The van der Waals surface area contributed by atoms with Gasteiger partial charge in [-0.25, -0.2) is 4.98 Å². The van der Waals surface area contributed by atoms with Crippen LogP contribution in [0.5, 0.6) is 5.75 Å². The van der Waals surface area contributed by atoms with Gasteiger partial charge in [-0.05, 0) is 38.9 Å². The number of ether oxygens (including phenoxy) is 1. The zero-order valence-corrected chi connectivity index (χ0v) is 13.2. The first-order chi connectivity index (χ1) is 9.53. The normalized spacial score (nSPS) is 12.1. The molecule has 2 aromatic rings. The minimum absolute atomic E-state index is 0.143. The van der Waals surface area contributed by atoms with Crippen molar-refractivity contribution in [2.24, 2.45) is 0 Å². The van der Waals surface area contributed by atoms with Gasteiger partial charge >= 0.3 is 0 Å². The molecule has 0 bridgehead atoms. The molecule has 0 saturated heterocycles. The molecule has 0 unspecified atom stereocenters. The van der Waals surface area contributed by atoms with E-state index in [0.717, 1.165) is 36.6 Å². The number of hydrogen-bond donors (Lipinski definition) is 1. The number of imidazole rings is 1. The van der Waals surface area contributed by atoms with E-state index in [1.54, 1.807) is 7.11 Å². The number of aromatic nitrogens is 2. The van der Waals surface area contributed by atoms with Crippen molar-refractivity contribution in [3.05, 3.63) is 24.0 Å². The quantitative estimate of drug-likeness (QED) is 0.879. The van der Waals surface area contributed by atoms with Crippen LogP contribution in [0.4, 0.5) is 0 Å². The highest BCUT2D eigenvalue weighted by Crippen LogP contribution is 2.27. The summed E-state index contributed by atoms with van der Waals surface area (Å²) in [5.74, 6) is 1.94. The van der Waals surface area contributed by atoms with E-state index in [9.17, 15) is 0 Å². The second-order valence-electron chi connectivity index (χ2n) is 5.60. The summed E-state index contributed by atoms with van der Waals surface area (Å²) in [6.45, 7) is 10.6. The Morgan fingerprint density at radius 3 is 2.65 bits per heavy atom. The van der Waals surface area contributed by atoms with E-state index in [0.29, 0.717) is 0 Å². The lowest BCUT2D eigenvalue weighted by Gasteiger charge is -2.26. The molecule has 4 nitrogen and oxygen atoms in total. The molecular weight excluding hydrogens is 250 g/mol.